The van der Waals surface area contributed by atoms with Gasteiger partial charge in [0.15, 0.2) is 0 Å². The molecule has 0 saturated carbocycles. The van der Waals surface area contributed by atoms with Crippen LogP contribution in [-0.4, -0.2) is 23.3 Å². The molecule has 0 saturated heterocycles. The number of hydrogen-bond acceptors (Lipinski definition) is 1. The van der Waals surface area contributed by atoms with E-state index in [1.807, 2.05) is 0 Å². The summed E-state index contributed by atoms with van der Waals surface area (Å²) in [6.45, 7) is 1.10. The average molecular weight is 316 g/mol. The van der Waals surface area contributed by atoms with Crippen LogP contribution in [0.3, 0.4) is 0 Å². The minimum absolute atomic E-state index is 0.293. The van der Waals surface area contributed by atoms with E-state index in [2.05, 4.69) is 0 Å². The number of hydrogen-bond donors (Lipinski definition) is 1. The van der Waals surface area contributed by atoms with Crippen molar-refractivity contribution in [3.8, 4) is 0 Å². The van der Waals surface area contributed by atoms with Gasteiger partial charge in [-0.2, -0.15) is 22.0 Å². The molecule has 0 aliphatic heterocycles. The van der Waals surface area contributed by atoms with Crippen molar-refractivity contribution in [1.29, 1.82) is 0 Å². The molecule has 0 aromatic rings. The first kappa shape index (κ1) is 13.1. The lowest BCUT2D eigenvalue weighted by atomic mass is 10.2. The Balaban J connectivity index is 4.78. The summed E-state index contributed by atoms with van der Waals surface area (Å²) in [7, 11) is 0. The van der Waals surface area contributed by atoms with Crippen LogP contribution < -0.4 is 0 Å². The quantitative estimate of drug-likeness (QED) is 0.613. The maximum Gasteiger partial charge on any atom is 0.457 e. The fraction of sp³-hybridized carbons (Fsp3) is 0.667. The Morgan fingerprint density at radius 2 is 1.69 bits per heavy atom. The summed E-state index contributed by atoms with van der Waals surface area (Å²) < 4.78 is 58.7. The zero-order chi connectivity index (χ0) is 10.9. The van der Waals surface area contributed by atoms with Crippen LogP contribution in [0.5, 0.6) is 0 Å². The molecule has 13 heavy (non-hydrogen) atoms. The Hall–Kier alpha value is 0.0800. The molecule has 1 atom stereocenters. The summed E-state index contributed by atoms with van der Waals surface area (Å²) in [4.78, 5) is 0. The predicted molar refractivity (Wildman–Crippen MR) is 44.8 cm³/mol. The third kappa shape index (κ3) is 3.75. The zero-order valence-corrected chi connectivity index (χ0v) is 8.53. The van der Waals surface area contributed by atoms with Gasteiger partial charge in [0.05, 0.1) is 6.10 Å². The summed E-state index contributed by atoms with van der Waals surface area (Å²) >= 11 is 1.23. The number of allylic oxidation sites excluding steroid dienone is 1. The predicted octanol–water partition coefficient (Wildman–Crippen LogP) is 2.88. The van der Waals surface area contributed by atoms with Crippen LogP contribution in [-0.2, 0) is 0 Å². The lowest BCUT2D eigenvalue weighted by molar-refractivity contribution is -0.259. The van der Waals surface area contributed by atoms with Crippen LogP contribution in [0.1, 0.15) is 6.92 Å². The summed E-state index contributed by atoms with van der Waals surface area (Å²) in [5.74, 6) is -4.89. The summed E-state index contributed by atoms with van der Waals surface area (Å²) in [6, 6.07) is 0. The molecule has 0 rings (SSSR count). The first-order valence-electron chi connectivity index (χ1n) is 3.09. The van der Waals surface area contributed by atoms with Crippen LogP contribution in [0.4, 0.5) is 22.0 Å². The third-order valence-corrected chi connectivity index (χ3v) is 2.31. The van der Waals surface area contributed by atoms with Gasteiger partial charge < -0.3 is 5.11 Å². The van der Waals surface area contributed by atoms with Crippen molar-refractivity contribution in [2.75, 3.05) is 0 Å². The number of alkyl halides is 5. The normalized spacial score (nSPS) is 17.4. The van der Waals surface area contributed by atoms with Gasteiger partial charge in [-0.15, -0.1) is 0 Å². The van der Waals surface area contributed by atoms with E-state index in [1.54, 1.807) is 0 Å². The van der Waals surface area contributed by atoms with E-state index in [-0.39, 0.29) is 6.08 Å². The lowest BCUT2D eigenvalue weighted by Crippen LogP contribution is -2.34. The molecule has 1 nitrogen and oxygen atoms in total. The molecule has 1 unspecified atom stereocenters. The molecule has 0 aliphatic rings. The van der Waals surface area contributed by atoms with E-state index in [1.165, 1.54) is 22.6 Å². The van der Waals surface area contributed by atoms with Crippen molar-refractivity contribution in [3.63, 3.8) is 0 Å². The minimum atomic E-state index is -5.61. The Bertz CT molecular complexity index is 208. The summed E-state index contributed by atoms with van der Waals surface area (Å²) in [6.07, 6.45) is -7.23. The summed E-state index contributed by atoms with van der Waals surface area (Å²) in [5, 5.41) is 8.67. The molecule has 0 aliphatic carbocycles. The van der Waals surface area contributed by atoms with E-state index in [9.17, 15) is 22.0 Å². The molecular formula is C6H6F5IO. The number of halogens is 6. The monoisotopic (exact) mass is 316 g/mol. The van der Waals surface area contributed by atoms with Gasteiger partial charge in [0.25, 0.3) is 0 Å². The van der Waals surface area contributed by atoms with Crippen LogP contribution in [0.2, 0.25) is 0 Å². The topological polar surface area (TPSA) is 20.2 Å². The highest BCUT2D eigenvalue weighted by molar-refractivity contribution is 14.1. The van der Waals surface area contributed by atoms with Gasteiger partial charge in [-0.3, -0.25) is 0 Å². The van der Waals surface area contributed by atoms with Gasteiger partial charge in [0.2, 0.25) is 0 Å². The molecule has 0 spiro atoms. The zero-order valence-electron chi connectivity index (χ0n) is 6.37. The Kier molecular flexibility index (Phi) is 4.10. The largest absolute Gasteiger partial charge is 0.457 e. The van der Waals surface area contributed by atoms with Gasteiger partial charge in [0, 0.05) is 9.66 Å². The van der Waals surface area contributed by atoms with Gasteiger partial charge >= 0.3 is 12.1 Å². The molecule has 0 heterocycles. The van der Waals surface area contributed by atoms with E-state index < -0.39 is 21.8 Å². The second kappa shape index (κ2) is 4.07. The second-order valence-electron chi connectivity index (χ2n) is 2.33. The van der Waals surface area contributed by atoms with Crippen molar-refractivity contribution >= 4 is 22.6 Å². The van der Waals surface area contributed by atoms with Gasteiger partial charge in [-0.25, -0.2) is 0 Å². The molecule has 0 radical (unpaired) electrons. The van der Waals surface area contributed by atoms with Crippen molar-refractivity contribution in [2.24, 2.45) is 0 Å². The third-order valence-electron chi connectivity index (χ3n) is 1.10. The van der Waals surface area contributed by atoms with E-state index in [0.29, 0.717) is 0 Å². The first-order valence-corrected chi connectivity index (χ1v) is 4.16. The smallest absolute Gasteiger partial charge is 0.388 e. The average Bonchev–Trinajstić information content (AvgIpc) is 1.83. The number of aliphatic hydroxyl groups is 1. The van der Waals surface area contributed by atoms with Crippen molar-refractivity contribution in [3.05, 3.63) is 9.66 Å². The maximum absolute atomic E-state index is 12.2. The highest BCUT2D eigenvalue weighted by Gasteiger charge is 2.55. The summed E-state index contributed by atoms with van der Waals surface area (Å²) in [5.41, 5.74) is 0. The van der Waals surface area contributed by atoms with Gasteiger partial charge in [-0.1, -0.05) is 0 Å². The highest BCUT2D eigenvalue weighted by Crippen LogP contribution is 2.38. The second-order valence-corrected chi connectivity index (χ2v) is 3.57. The molecule has 78 valence electrons. The van der Waals surface area contributed by atoms with Gasteiger partial charge in [-0.05, 0) is 29.5 Å². The standard InChI is InChI=1S/C6H6F5IO/c1-3(13)4(12)2-5(7,8)6(9,10)11/h2-3,13H,1H3/b4-2-. The molecule has 0 aromatic carbocycles. The van der Waals surface area contributed by atoms with E-state index in [4.69, 9.17) is 5.11 Å². The van der Waals surface area contributed by atoms with Gasteiger partial charge in [0.1, 0.15) is 0 Å². The SMILES string of the molecule is CC(O)/C(I)=C/C(F)(F)C(F)(F)F. The molecule has 0 fully saturated rings. The Morgan fingerprint density at radius 3 is 1.92 bits per heavy atom. The van der Waals surface area contributed by atoms with Crippen LogP contribution in [0, 0.1) is 0 Å². The fourth-order valence-corrected chi connectivity index (χ4v) is 0.767. The maximum atomic E-state index is 12.2. The van der Waals surface area contributed by atoms with Crippen molar-refractivity contribution in [1.82, 2.24) is 0 Å². The molecule has 0 bridgehead atoms. The molecule has 0 amide bonds. The highest BCUT2D eigenvalue weighted by atomic mass is 127. The number of aliphatic hydroxyl groups excluding tert-OH is 1. The van der Waals surface area contributed by atoms with E-state index in [0.717, 1.165) is 6.92 Å². The van der Waals surface area contributed by atoms with Crippen molar-refractivity contribution in [2.45, 2.75) is 25.1 Å². The lowest BCUT2D eigenvalue weighted by Gasteiger charge is -2.16. The van der Waals surface area contributed by atoms with Crippen molar-refractivity contribution < 1.29 is 27.1 Å². The minimum Gasteiger partial charge on any atom is -0.388 e. The van der Waals surface area contributed by atoms with Crippen LogP contribution in [0.25, 0.3) is 0 Å². The Labute approximate surface area is 84.8 Å². The van der Waals surface area contributed by atoms with Crippen LogP contribution in [0.15, 0.2) is 9.66 Å². The van der Waals surface area contributed by atoms with E-state index >= 15 is 0 Å². The molecule has 7 heteroatoms. The molecule has 1 N–H and O–H groups in total. The fourth-order valence-electron chi connectivity index (χ4n) is 0.376. The first-order chi connectivity index (χ1) is 5.58. The molecule has 0 aromatic heterocycles. The number of rotatable bonds is 2. The molecular weight excluding hydrogens is 310 g/mol. The Morgan fingerprint density at radius 1 is 1.31 bits per heavy atom. The van der Waals surface area contributed by atoms with Crippen LogP contribution >= 0.6 is 22.6 Å².